The van der Waals surface area contributed by atoms with Crippen LogP contribution in [0.15, 0.2) is 90.4 Å². The van der Waals surface area contributed by atoms with E-state index in [1.165, 1.54) is 12.1 Å². The molecule has 0 spiro atoms. The average molecular weight is 519 g/mol. The fourth-order valence-electron chi connectivity index (χ4n) is 4.32. The third kappa shape index (κ3) is 6.03. The number of benzene rings is 3. The minimum absolute atomic E-state index is 0.0566. The largest absolute Gasteiger partial charge is 0.497 e. The molecule has 7 nitrogen and oxygen atoms in total. The first-order chi connectivity index (χ1) is 18.5. The molecule has 0 saturated heterocycles. The van der Waals surface area contributed by atoms with E-state index in [0.717, 1.165) is 5.56 Å². The number of hydrogen-bond donors (Lipinski definition) is 2. The smallest absolute Gasteiger partial charge is 0.252 e. The van der Waals surface area contributed by atoms with Gasteiger partial charge in [-0.05, 0) is 59.7 Å². The highest BCUT2D eigenvalue weighted by Crippen LogP contribution is 2.43. The summed E-state index contributed by atoms with van der Waals surface area (Å²) >= 11 is 0. The first-order valence-corrected chi connectivity index (χ1v) is 12.4. The minimum atomic E-state index is -1.35. The van der Waals surface area contributed by atoms with Crippen LogP contribution in [0.25, 0.3) is 0 Å². The molecule has 0 saturated carbocycles. The van der Waals surface area contributed by atoms with Gasteiger partial charge in [-0.1, -0.05) is 30.3 Å². The van der Waals surface area contributed by atoms with Crippen molar-refractivity contribution in [2.75, 3.05) is 20.3 Å². The van der Waals surface area contributed by atoms with Crippen LogP contribution in [0, 0.1) is 5.82 Å². The standard InChI is InChI=1S/C30H31FN2O5/c1-3-15-30(29(35)32-20-21-7-4-9-24(31)18-21)27(23-8-5-10-26(19-23)36-2)38-28(33-30)22-11-13-25(14-12-22)37-17-6-16-34/h3-5,7-14,18-19,27,34H,1,6,15-17,20H2,2H3,(H,32,35)/t27-,30-/m1/s1. The molecule has 1 aliphatic heterocycles. The molecule has 38 heavy (non-hydrogen) atoms. The SMILES string of the molecule is C=CC[C@@]1(C(=O)NCc2cccc(F)c2)N=C(c2ccc(OCCCO)cc2)O[C@@H]1c1cccc(OC)c1. The minimum Gasteiger partial charge on any atom is -0.497 e. The summed E-state index contributed by atoms with van der Waals surface area (Å²) in [5.41, 5.74) is 0.670. The van der Waals surface area contributed by atoms with Crippen molar-refractivity contribution in [1.29, 1.82) is 0 Å². The number of hydrogen-bond acceptors (Lipinski definition) is 6. The molecule has 0 fully saturated rings. The number of halogens is 1. The zero-order valence-electron chi connectivity index (χ0n) is 21.2. The van der Waals surface area contributed by atoms with E-state index in [9.17, 15) is 9.18 Å². The number of aliphatic hydroxyl groups is 1. The quantitative estimate of drug-likeness (QED) is 0.267. The number of nitrogens with zero attached hydrogens (tertiary/aromatic N) is 1. The molecule has 2 atom stereocenters. The number of ether oxygens (including phenoxy) is 3. The van der Waals surface area contributed by atoms with Gasteiger partial charge in [0.15, 0.2) is 11.6 Å². The van der Waals surface area contributed by atoms with Gasteiger partial charge >= 0.3 is 0 Å². The van der Waals surface area contributed by atoms with Crippen LogP contribution < -0.4 is 14.8 Å². The van der Waals surface area contributed by atoms with Crippen LogP contribution in [0.5, 0.6) is 11.5 Å². The molecular weight excluding hydrogens is 487 g/mol. The topological polar surface area (TPSA) is 89.4 Å². The van der Waals surface area contributed by atoms with E-state index in [1.807, 2.05) is 36.4 Å². The fourth-order valence-corrected chi connectivity index (χ4v) is 4.32. The average Bonchev–Trinajstić information content (AvgIpc) is 3.33. The highest BCUT2D eigenvalue weighted by atomic mass is 19.1. The zero-order chi connectivity index (χ0) is 27.0. The zero-order valence-corrected chi connectivity index (χ0v) is 21.2. The second kappa shape index (κ2) is 12.4. The van der Waals surface area contributed by atoms with Gasteiger partial charge in [0.1, 0.15) is 17.3 Å². The van der Waals surface area contributed by atoms with Crippen LogP contribution in [0.3, 0.4) is 0 Å². The maximum absolute atomic E-state index is 13.8. The molecule has 0 radical (unpaired) electrons. The summed E-state index contributed by atoms with van der Waals surface area (Å²) in [7, 11) is 1.57. The van der Waals surface area contributed by atoms with Crippen molar-refractivity contribution >= 4 is 11.8 Å². The van der Waals surface area contributed by atoms with Gasteiger partial charge in [0.2, 0.25) is 5.90 Å². The van der Waals surface area contributed by atoms with Crippen molar-refractivity contribution in [3.63, 3.8) is 0 Å². The highest BCUT2D eigenvalue weighted by Gasteiger charge is 2.52. The van der Waals surface area contributed by atoms with Gasteiger partial charge in [-0.15, -0.1) is 6.58 Å². The van der Waals surface area contributed by atoms with E-state index in [0.29, 0.717) is 41.6 Å². The molecule has 1 aliphatic rings. The summed E-state index contributed by atoms with van der Waals surface area (Å²) in [6, 6.07) is 20.6. The van der Waals surface area contributed by atoms with Crippen LogP contribution in [-0.4, -0.2) is 42.8 Å². The Morgan fingerprint density at radius 1 is 1.16 bits per heavy atom. The summed E-state index contributed by atoms with van der Waals surface area (Å²) in [6.07, 6.45) is 1.62. The molecule has 8 heteroatoms. The Balaban J connectivity index is 1.68. The van der Waals surface area contributed by atoms with Crippen LogP contribution >= 0.6 is 0 Å². The van der Waals surface area contributed by atoms with Crippen LogP contribution in [-0.2, 0) is 16.1 Å². The molecule has 0 bridgehead atoms. The number of carbonyl (C=O) groups is 1. The number of rotatable bonds is 12. The van der Waals surface area contributed by atoms with Gasteiger partial charge in [0.05, 0.1) is 13.7 Å². The van der Waals surface area contributed by atoms with Crippen molar-refractivity contribution in [3.05, 3.63) is 108 Å². The molecule has 198 valence electrons. The molecule has 1 heterocycles. The molecule has 2 N–H and O–H groups in total. The summed E-state index contributed by atoms with van der Waals surface area (Å²) in [6.45, 7) is 4.46. The van der Waals surface area contributed by atoms with Gasteiger partial charge in [0, 0.05) is 31.6 Å². The van der Waals surface area contributed by atoms with Gasteiger partial charge in [-0.3, -0.25) is 4.79 Å². The van der Waals surface area contributed by atoms with E-state index < -0.39 is 11.6 Å². The summed E-state index contributed by atoms with van der Waals surface area (Å²) < 4.78 is 31.1. The number of methoxy groups -OCH3 is 1. The lowest BCUT2D eigenvalue weighted by atomic mass is 9.84. The highest BCUT2D eigenvalue weighted by molar-refractivity contribution is 6.01. The Labute approximate surface area is 221 Å². The van der Waals surface area contributed by atoms with E-state index in [4.69, 9.17) is 24.3 Å². The van der Waals surface area contributed by atoms with Gasteiger partial charge in [-0.25, -0.2) is 9.38 Å². The fraction of sp³-hybridized carbons (Fsp3) is 0.267. The second-order valence-electron chi connectivity index (χ2n) is 8.87. The monoisotopic (exact) mass is 518 g/mol. The van der Waals surface area contributed by atoms with Crippen molar-refractivity contribution in [2.45, 2.75) is 31.0 Å². The molecule has 3 aromatic rings. The molecular formula is C30H31FN2O5. The van der Waals surface area contributed by atoms with E-state index >= 15 is 0 Å². The Kier molecular flexibility index (Phi) is 8.76. The van der Waals surface area contributed by atoms with Crippen LogP contribution in [0.1, 0.15) is 35.6 Å². The lowest BCUT2D eigenvalue weighted by Gasteiger charge is -2.30. The third-order valence-electron chi connectivity index (χ3n) is 6.22. The number of aliphatic hydroxyl groups excluding tert-OH is 1. The molecule has 4 rings (SSSR count). The molecule has 0 aromatic heterocycles. The summed E-state index contributed by atoms with van der Waals surface area (Å²) in [4.78, 5) is 18.7. The predicted octanol–water partition coefficient (Wildman–Crippen LogP) is 4.74. The first kappa shape index (κ1) is 26.9. The molecule has 3 aromatic carbocycles. The summed E-state index contributed by atoms with van der Waals surface area (Å²) in [5, 5.41) is 11.9. The second-order valence-corrected chi connectivity index (χ2v) is 8.87. The van der Waals surface area contributed by atoms with Crippen molar-refractivity contribution in [2.24, 2.45) is 4.99 Å². The molecule has 0 unspecified atom stereocenters. The van der Waals surface area contributed by atoms with E-state index in [-0.39, 0.29) is 31.3 Å². The van der Waals surface area contributed by atoms with Crippen molar-refractivity contribution in [3.8, 4) is 11.5 Å². The number of aliphatic imine (C=N–C) groups is 1. The van der Waals surface area contributed by atoms with E-state index in [2.05, 4.69) is 11.9 Å². The lowest BCUT2D eigenvalue weighted by molar-refractivity contribution is -0.129. The Hall–Kier alpha value is -4.17. The van der Waals surface area contributed by atoms with Gasteiger partial charge in [0.25, 0.3) is 5.91 Å². The normalized spacial score (nSPS) is 18.3. The Morgan fingerprint density at radius 2 is 1.95 bits per heavy atom. The number of nitrogens with one attached hydrogen (secondary N) is 1. The van der Waals surface area contributed by atoms with E-state index in [1.54, 1.807) is 37.5 Å². The number of amides is 1. The van der Waals surface area contributed by atoms with Crippen LogP contribution in [0.4, 0.5) is 4.39 Å². The third-order valence-corrected chi connectivity index (χ3v) is 6.22. The predicted molar refractivity (Wildman–Crippen MR) is 143 cm³/mol. The first-order valence-electron chi connectivity index (χ1n) is 12.4. The van der Waals surface area contributed by atoms with Crippen molar-refractivity contribution in [1.82, 2.24) is 5.32 Å². The van der Waals surface area contributed by atoms with Gasteiger partial charge in [-0.2, -0.15) is 0 Å². The maximum Gasteiger partial charge on any atom is 0.252 e. The molecule has 1 amide bonds. The Morgan fingerprint density at radius 3 is 2.66 bits per heavy atom. The summed E-state index contributed by atoms with van der Waals surface area (Å²) in [5.74, 6) is 0.836. The Bertz CT molecular complexity index is 1290. The lowest BCUT2D eigenvalue weighted by Crippen LogP contribution is -2.47. The number of carbonyl (C=O) groups excluding carboxylic acids is 1. The van der Waals surface area contributed by atoms with Crippen molar-refractivity contribution < 1.29 is 28.5 Å². The molecule has 0 aliphatic carbocycles. The maximum atomic E-state index is 13.8. The van der Waals surface area contributed by atoms with Crippen LogP contribution in [0.2, 0.25) is 0 Å². The van der Waals surface area contributed by atoms with Gasteiger partial charge < -0.3 is 24.6 Å².